The minimum absolute atomic E-state index is 0.152. The number of fused-ring (bicyclic) bond motifs is 1. The Bertz CT molecular complexity index is 649. The van der Waals surface area contributed by atoms with Gasteiger partial charge in [0.05, 0.1) is 10.9 Å². The van der Waals surface area contributed by atoms with Crippen LogP contribution in [0, 0.1) is 5.92 Å². The van der Waals surface area contributed by atoms with E-state index in [1.54, 1.807) is 18.2 Å². The maximum atomic E-state index is 12.0. The number of rotatable bonds is 3. The average Bonchev–Trinajstić information content (AvgIpc) is 2.90. The van der Waals surface area contributed by atoms with Crippen molar-refractivity contribution >= 4 is 34.3 Å². The van der Waals surface area contributed by atoms with Gasteiger partial charge < -0.3 is 11.1 Å². The van der Waals surface area contributed by atoms with Crippen molar-refractivity contribution in [1.29, 1.82) is 0 Å². The number of hydrogen-bond donors (Lipinski definition) is 3. The van der Waals surface area contributed by atoms with Gasteiger partial charge in [-0.15, -0.1) is 0 Å². The van der Waals surface area contributed by atoms with E-state index >= 15 is 0 Å². The van der Waals surface area contributed by atoms with Gasteiger partial charge in [0, 0.05) is 12.2 Å². The van der Waals surface area contributed by atoms with Crippen LogP contribution in [-0.4, -0.2) is 28.0 Å². The van der Waals surface area contributed by atoms with Crippen LogP contribution in [0.15, 0.2) is 23.0 Å². The molecule has 2 aromatic rings. The van der Waals surface area contributed by atoms with Crippen LogP contribution >= 0.6 is 11.8 Å². The second-order valence-electron chi connectivity index (χ2n) is 4.80. The molecular weight excluding hydrogens is 260 g/mol. The second kappa shape index (κ2) is 5.13. The van der Waals surface area contributed by atoms with E-state index in [0.29, 0.717) is 28.5 Å². The summed E-state index contributed by atoms with van der Waals surface area (Å²) in [4.78, 5) is 19.1. The summed E-state index contributed by atoms with van der Waals surface area (Å²) in [6, 6.07) is 5.18. The van der Waals surface area contributed by atoms with Crippen LogP contribution < -0.4 is 16.6 Å². The van der Waals surface area contributed by atoms with Crippen LogP contribution in [0.5, 0.6) is 0 Å². The summed E-state index contributed by atoms with van der Waals surface area (Å²) in [5, 5.41) is 3.75. The first-order chi connectivity index (χ1) is 9.22. The molecular formula is C13H16N4OS. The van der Waals surface area contributed by atoms with Crippen LogP contribution in [0.1, 0.15) is 6.42 Å². The zero-order valence-electron chi connectivity index (χ0n) is 10.5. The van der Waals surface area contributed by atoms with E-state index in [1.807, 2.05) is 11.8 Å². The van der Waals surface area contributed by atoms with Gasteiger partial charge in [0.15, 0.2) is 0 Å². The molecule has 2 heterocycles. The predicted octanol–water partition coefficient (Wildman–Crippen LogP) is 1.67. The van der Waals surface area contributed by atoms with Gasteiger partial charge in [-0.1, -0.05) is 0 Å². The number of nitrogens with two attached hydrogens (primary N) is 1. The number of hydrogen-bond acceptors (Lipinski definition) is 5. The molecule has 1 saturated heterocycles. The molecule has 1 aliphatic rings. The van der Waals surface area contributed by atoms with Crippen molar-refractivity contribution < 1.29 is 0 Å². The van der Waals surface area contributed by atoms with E-state index in [1.165, 1.54) is 17.9 Å². The van der Waals surface area contributed by atoms with Crippen molar-refractivity contribution in [1.82, 2.24) is 9.97 Å². The van der Waals surface area contributed by atoms with E-state index < -0.39 is 0 Å². The average molecular weight is 276 g/mol. The largest absolute Gasteiger partial charge is 0.399 e. The number of aromatic nitrogens is 2. The van der Waals surface area contributed by atoms with Crippen LogP contribution in [0.2, 0.25) is 0 Å². The summed E-state index contributed by atoms with van der Waals surface area (Å²) >= 11 is 1.98. The monoisotopic (exact) mass is 276 g/mol. The number of benzene rings is 1. The maximum absolute atomic E-state index is 12.0. The highest BCUT2D eigenvalue weighted by Gasteiger charge is 2.15. The molecule has 6 heteroatoms. The molecule has 1 atom stereocenters. The van der Waals surface area contributed by atoms with Crippen molar-refractivity contribution in [2.24, 2.45) is 5.92 Å². The third-order valence-electron chi connectivity index (χ3n) is 3.31. The Morgan fingerprint density at radius 3 is 3.21 bits per heavy atom. The van der Waals surface area contributed by atoms with Crippen molar-refractivity contribution in [2.45, 2.75) is 6.42 Å². The van der Waals surface area contributed by atoms with Gasteiger partial charge >= 0.3 is 0 Å². The summed E-state index contributed by atoms with van der Waals surface area (Å²) in [5.41, 5.74) is 6.76. The fourth-order valence-corrected chi connectivity index (χ4v) is 3.51. The summed E-state index contributed by atoms with van der Waals surface area (Å²) < 4.78 is 0. The molecule has 1 aromatic carbocycles. The molecule has 0 saturated carbocycles. The lowest BCUT2D eigenvalue weighted by molar-refractivity contribution is 0.629. The van der Waals surface area contributed by atoms with Crippen molar-refractivity contribution in [3.05, 3.63) is 28.6 Å². The third-order valence-corrected chi connectivity index (χ3v) is 4.54. The normalized spacial score (nSPS) is 18.8. The molecule has 0 radical (unpaired) electrons. The van der Waals surface area contributed by atoms with E-state index in [2.05, 4.69) is 15.3 Å². The molecule has 0 amide bonds. The Morgan fingerprint density at radius 1 is 1.53 bits per heavy atom. The maximum Gasteiger partial charge on any atom is 0.260 e. The lowest BCUT2D eigenvalue weighted by Gasteiger charge is -2.10. The Hall–Kier alpha value is -1.69. The molecule has 100 valence electrons. The number of aromatic amines is 1. The molecule has 19 heavy (non-hydrogen) atoms. The van der Waals surface area contributed by atoms with Gasteiger partial charge in [0.25, 0.3) is 5.56 Å². The fourth-order valence-electron chi connectivity index (χ4n) is 2.23. The lowest BCUT2D eigenvalue weighted by atomic mass is 10.1. The highest BCUT2D eigenvalue weighted by atomic mass is 32.2. The van der Waals surface area contributed by atoms with Crippen molar-refractivity contribution in [3.63, 3.8) is 0 Å². The first-order valence-electron chi connectivity index (χ1n) is 6.33. The smallest absolute Gasteiger partial charge is 0.260 e. The van der Waals surface area contributed by atoms with Crippen molar-refractivity contribution in [3.8, 4) is 0 Å². The van der Waals surface area contributed by atoms with Gasteiger partial charge in [-0.05, 0) is 42.0 Å². The molecule has 3 rings (SSSR count). The third kappa shape index (κ3) is 2.68. The Labute approximate surface area is 115 Å². The lowest BCUT2D eigenvalue weighted by Crippen LogP contribution is -2.18. The summed E-state index contributed by atoms with van der Waals surface area (Å²) in [5.74, 6) is 3.62. The summed E-state index contributed by atoms with van der Waals surface area (Å²) in [6.45, 7) is 0.858. The summed E-state index contributed by atoms with van der Waals surface area (Å²) in [7, 11) is 0. The van der Waals surface area contributed by atoms with Gasteiger partial charge in [-0.3, -0.25) is 9.78 Å². The predicted molar refractivity (Wildman–Crippen MR) is 80.7 cm³/mol. The van der Waals surface area contributed by atoms with E-state index in [0.717, 1.165) is 6.54 Å². The Kier molecular flexibility index (Phi) is 3.33. The SMILES string of the molecule is Nc1ccc2nc(NCC3CCSC3)[nH]c(=O)c2c1. The fraction of sp³-hybridized carbons (Fsp3) is 0.385. The van der Waals surface area contributed by atoms with Gasteiger partial charge in [0.2, 0.25) is 5.95 Å². The van der Waals surface area contributed by atoms with Crippen LogP contribution in [0.4, 0.5) is 11.6 Å². The first-order valence-corrected chi connectivity index (χ1v) is 7.49. The van der Waals surface area contributed by atoms with E-state index in [4.69, 9.17) is 5.73 Å². The molecule has 5 nitrogen and oxygen atoms in total. The zero-order valence-corrected chi connectivity index (χ0v) is 11.3. The molecule has 0 aliphatic carbocycles. The van der Waals surface area contributed by atoms with E-state index in [9.17, 15) is 4.79 Å². The van der Waals surface area contributed by atoms with Crippen LogP contribution in [0.25, 0.3) is 10.9 Å². The molecule has 1 aliphatic heterocycles. The first kappa shape index (κ1) is 12.3. The minimum Gasteiger partial charge on any atom is -0.399 e. The molecule has 0 spiro atoms. The molecule has 0 bridgehead atoms. The number of nitrogens with zero attached hydrogens (tertiary/aromatic N) is 1. The molecule has 4 N–H and O–H groups in total. The highest BCUT2D eigenvalue weighted by molar-refractivity contribution is 7.99. The van der Waals surface area contributed by atoms with Crippen molar-refractivity contribution in [2.75, 3.05) is 29.1 Å². The quantitative estimate of drug-likeness (QED) is 0.743. The van der Waals surface area contributed by atoms with Crippen LogP contribution in [-0.2, 0) is 0 Å². The summed E-state index contributed by atoms with van der Waals surface area (Å²) in [6.07, 6.45) is 1.23. The minimum atomic E-state index is -0.152. The van der Waals surface area contributed by atoms with Gasteiger partial charge in [-0.25, -0.2) is 4.98 Å². The molecule has 1 aromatic heterocycles. The van der Waals surface area contributed by atoms with Gasteiger partial charge in [-0.2, -0.15) is 11.8 Å². The number of thioether (sulfide) groups is 1. The zero-order chi connectivity index (χ0) is 13.2. The number of nitrogen functional groups attached to an aromatic ring is 1. The van der Waals surface area contributed by atoms with Gasteiger partial charge in [0.1, 0.15) is 0 Å². The Morgan fingerprint density at radius 2 is 2.42 bits per heavy atom. The highest BCUT2D eigenvalue weighted by Crippen LogP contribution is 2.23. The number of nitrogens with one attached hydrogen (secondary N) is 2. The second-order valence-corrected chi connectivity index (χ2v) is 5.95. The number of anilines is 2. The van der Waals surface area contributed by atoms with Crippen LogP contribution in [0.3, 0.4) is 0 Å². The van der Waals surface area contributed by atoms with E-state index in [-0.39, 0.29) is 5.56 Å². The molecule has 1 unspecified atom stereocenters. The number of H-pyrrole nitrogens is 1. The topological polar surface area (TPSA) is 83.8 Å². The standard InChI is InChI=1S/C13H16N4OS/c14-9-1-2-11-10(5-9)12(18)17-13(16-11)15-6-8-3-4-19-7-8/h1-2,5,8H,3-4,6-7,14H2,(H2,15,16,17,18). The Balaban J connectivity index is 1.84. The molecule has 1 fully saturated rings.